The Bertz CT molecular complexity index is 358. The quantitative estimate of drug-likeness (QED) is 0.777. The first-order valence-corrected chi connectivity index (χ1v) is 6.21. The van der Waals surface area contributed by atoms with Crippen LogP contribution in [0.3, 0.4) is 0 Å². The van der Waals surface area contributed by atoms with Gasteiger partial charge in [-0.3, -0.25) is 0 Å². The molecule has 2 nitrogen and oxygen atoms in total. The van der Waals surface area contributed by atoms with Crippen molar-refractivity contribution in [3.8, 4) is 0 Å². The van der Waals surface area contributed by atoms with Crippen molar-refractivity contribution in [2.45, 2.75) is 46.5 Å². The fourth-order valence-corrected chi connectivity index (χ4v) is 1.80. The van der Waals surface area contributed by atoms with E-state index < -0.39 is 5.97 Å². The number of aryl methyl sites for hydroxylation is 1. The zero-order chi connectivity index (χ0) is 12.9. The number of carbonyl (C=O) groups is 1. The van der Waals surface area contributed by atoms with E-state index in [2.05, 4.69) is 20.8 Å². The minimum absolute atomic E-state index is 0.364. The molecule has 2 heteroatoms. The Morgan fingerprint density at radius 3 is 2.18 bits per heavy atom. The molecular formula is C15H22O2. The van der Waals surface area contributed by atoms with Crippen molar-refractivity contribution in [1.82, 2.24) is 0 Å². The normalized spacial score (nSPS) is 11.5. The number of carboxylic acid groups (broad SMARTS) is 1. The second-order valence-electron chi connectivity index (χ2n) is 5.77. The van der Waals surface area contributed by atoms with Crippen LogP contribution in [0.2, 0.25) is 0 Å². The van der Waals surface area contributed by atoms with Crippen LogP contribution in [0, 0.1) is 5.41 Å². The van der Waals surface area contributed by atoms with Crippen LogP contribution in [-0.4, -0.2) is 11.1 Å². The van der Waals surface area contributed by atoms with Crippen molar-refractivity contribution >= 4 is 5.97 Å². The Morgan fingerprint density at radius 1 is 1.12 bits per heavy atom. The molecule has 0 bridgehead atoms. The third kappa shape index (κ3) is 5.53. The smallest absolute Gasteiger partial charge is 0.335 e. The van der Waals surface area contributed by atoms with Gasteiger partial charge < -0.3 is 5.11 Å². The third-order valence-corrected chi connectivity index (χ3v) is 2.84. The number of rotatable bonds is 5. The van der Waals surface area contributed by atoms with Gasteiger partial charge in [0.2, 0.25) is 0 Å². The molecule has 0 unspecified atom stereocenters. The number of unbranched alkanes of at least 4 members (excludes halogenated alkanes) is 1. The molecule has 0 aliphatic heterocycles. The molecule has 17 heavy (non-hydrogen) atoms. The Morgan fingerprint density at radius 2 is 1.71 bits per heavy atom. The van der Waals surface area contributed by atoms with Crippen LogP contribution in [0.25, 0.3) is 0 Å². The van der Waals surface area contributed by atoms with Crippen LogP contribution in [0.5, 0.6) is 0 Å². The molecule has 0 atom stereocenters. The predicted molar refractivity (Wildman–Crippen MR) is 70.4 cm³/mol. The molecule has 0 aliphatic carbocycles. The van der Waals surface area contributed by atoms with Gasteiger partial charge in [0.25, 0.3) is 0 Å². The molecule has 0 saturated heterocycles. The van der Waals surface area contributed by atoms with Gasteiger partial charge in [0.15, 0.2) is 0 Å². The first-order chi connectivity index (χ1) is 7.88. The average Bonchev–Trinajstić information content (AvgIpc) is 2.24. The molecule has 0 fully saturated rings. The maximum absolute atomic E-state index is 10.7. The maximum atomic E-state index is 10.7. The molecule has 0 saturated carbocycles. The summed E-state index contributed by atoms with van der Waals surface area (Å²) in [6.45, 7) is 6.78. The van der Waals surface area contributed by atoms with E-state index in [4.69, 9.17) is 5.11 Å². The van der Waals surface area contributed by atoms with E-state index in [9.17, 15) is 4.79 Å². The summed E-state index contributed by atoms with van der Waals surface area (Å²) >= 11 is 0. The standard InChI is InChI=1S/C15H22O2/c1-15(2,3)11-5-4-6-12-7-9-13(10-8-12)14(16)17/h7-10H,4-6,11H2,1-3H3,(H,16,17). The van der Waals surface area contributed by atoms with E-state index in [0.717, 1.165) is 6.42 Å². The number of benzene rings is 1. The Kier molecular flexibility index (Phi) is 4.73. The highest BCUT2D eigenvalue weighted by atomic mass is 16.4. The molecule has 0 aliphatic rings. The Hall–Kier alpha value is -1.31. The van der Waals surface area contributed by atoms with Crippen LogP contribution in [0.4, 0.5) is 0 Å². The first kappa shape index (κ1) is 13.8. The fourth-order valence-electron chi connectivity index (χ4n) is 1.80. The lowest BCUT2D eigenvalue weighted by Gasteiger charge is -2.17. The van der Waals surface area contributed by atoms with Crippen LogP contribution in [0.1, 0.15) is 56.0 Å². The Balaban J connectivity index is 2.35. The molecule has 1 aromatic rings. The summed E-state index contributed by atoms with van der Waals surface area (Å²) in [5.41, 5.74) is 2.00. The van der Waals surface area contributed by atoms with Crippen LogP contribution in [0.15, 0.2) is 24.3 Å². The van der Waals surface area contributed by atoms with E-state index >= 15 is 0 Å². The highest BCUT2D eigenvalue weighted by Gasteiger charge is 2.09. The van der Waals surface area contributed by atoms with Gasteiger partial charge in [0.1, 0.15) is 0 Å². The molecule has 0 radical (unpaired) electrons. The summed E-state index contributed by atoms with van der Waals surface area (Å²) in [5, 5.41) is 8.78. The fraction of sp³-hybridized carbons (Fsp3) is 0.533. The predicted octanol–water partition coefficient (Wildman–Crippen LogP) is 4.14. The van der Waals surface area contributed by atoms with Gasteiger partial charge in [-0.05, 0) is 42.4 Å². The molecule has 1 rings (SSSR count). The van der Waals surface area contributed by atoms with Crippen LogP contribution < -0.4 is 0 Å². The zero-order valence-electron chi connectivity index (χ0n) is 11.0. The van der Waals surface area contributed by atoms with Crippen molar-refractivity contribution in [2.24, 2.45) is 5.41 Å². The lowest BCUT2D eigenvalue weighted by atomic mass is 9.89. The molecule has 1 N–H and O–H groups in total. The van der Waals surface area contributed by atoms with Gasteiger partial charge >= 0.3 is 5.97 Å². The average molecular weight is 234 g/mol. The van der Waals surface area contributed by atoms with Crippen LogP contribution in [-0.2, 0) is 6.42 Å². The molecule has 0 aromatic heterocycles. The lowest BCUT2D eigenvalue weighted by molar-refractivity contribution is 0.0697. The van der Waals surface area contributed by atoms with Gasteiger partial charge in [-0.25, -0.2) is 4.79 Å². The minimum atomic E-state index is -0.857. The van der Waals surface area contributed by atoms with E-state index in [0.29, 0.717) is 11.0 Å². The van der Waals surface area contributed by atoms with E-state index in [1.54, 1.807) is 12.1 Å². The van der Waals surface area contributed by atoms with Crippen molar-refractivity contribution in [3.05, 3.63) is 35.4 Å². The molecule has 1 aromatic carbocycles. The monoisotopic (exact) mass is 234 g/mol. The summed E-state index contributed by atoms with van der Waals surface area (Å²) < 4.78 is 0. The van der Waals surface area contributed by atoms with E-state index in [1.807, 2.05) is 12.1 Å². The van der Waals surface area contributed by atoms with Gasteiger partial charge in [0, 0.05) is 0 Å². The highest BCUT2D eigenvalue weighted by molar-refractivity contribution is 5.87. The van der Waals surface area contributed by atoms with E-state index in [1.165, 1.54) is 24.8 Å². The highest BCUT2D eigenvalue weighted by Crippen LogP contribution is 2.22. The summed E-state index contributed by atoms with van der Waals surface area (Å²) in [7, 11) is 0. The summed E-state index contributed by atoms with van der Waals surface area (Å²) in [6, 6.07) is 7.20. The van der Waals surface area contributed by atoms with Crippen LogP contribution >= 0.6 is 0 Å². The van der Waals surface area contributed by atoms with Gasteiger partial charge in [-0.2, -0.15) is 0 Å². The van der Waals surface area contributed by atoms with E-state index in [-0.39, 0.29) is 0 Å². The summed E-state index contributed by atoms with van der Waals surface area (Å²) in [6.07, 6.45) is 4.67. The summed E-state index contributed by atoms with van der Waals surface area (Å²) in [4.78, 5) is 10.7. The third-order valence-electron chi connectivity index (χ3n) is 2.84. The molecule has 94 valence electrons. The second kappa shape index (κ2) is 5.85. The lowest BCUT2D eigenvalue weighted by Crippen LogP contribution is -2.04. The molecule has 0 spiro atoms. The van der Waals surface area contributed by atoms with Gasteiger partial charge in [-0.15, -0.1) is 0 Å². The van der Waals surface area contributed by atoms with Crippen molar-refractivity contribution < 1.29 is 9.90 Å². The van der Waals surface area contributed by atoms with Gasteiger partial charge in [0.05, 0.1) is 5.56 Å². The van der Waals surface area contributed by atoms with Crippen molar-refractivity contribution in [3.63, 3.8) is 0 Å². The minimum Gasteiger partial charge on any atom is -0.478 e. The number of hydrogen-bond donors (Lipinski definition) is 1. The largest absolute Gasteiger partial charge is 0.478 e. The number of carboxylic acids is 1. The second-order valence-corrected chi connectivity index (χ2v) is 5.77. The molecule has 0 heterocycles. The number of aromatic carboxylic acids is 1. The maximum Gasteiger partial charge on any atom is 0.335 e. The zero-order valence-corrected chi connectivity index (χ0v) is 11.0. The van der Waals surface area contributed by atoms with Gasteiger partial charge in [-0.1, -0.05) is 39.3 Å². The summed E-state index contributed by atoms with van der Waals surface area (Å²) in [5.74, 6) is -0.857. The first-order valence-electron chi connectivity index (χ1n) is 6.21. The SMILES string of the molecule is CC(C)(C)CCCCc1ccc(C(=O)O)cc1. The Labute approximate surface area is 104 Å². The molecular weight excluding hydrogens is 212 g/mol. The molecule has 0 amide bonds. The van der Waals surface area contributed by atoms with Crippen molar-refractivity contribution in [2.75, 3.05) is 0 Å². The number of hydrogen-bond acceptors (Lipinski definition) is 1. The topological polar surface area (TPSA) is 37.3 Å². The van der Waals surface area contributed by atoms with Crippen molar-refractivity contribution in [1.29, 1.82) is 0 Å².